The van der Waals surface area contributed by atoms with Gasteiger partial charge in [-0.2, -0.15) is 4.31 Å². The molecule has 2 unspecified atom stereocenters. The Morgan fingerprint density at radius 3 is 2.35 bits per heavy atom. The minimum absolute atomic E-state index is 0.0501. The molecule has 1 N–H and O–H groups in total. The van der Waals surface area contributed by atoms with Crippen molar-refractivity contribution in [1.29, 1.82) is 0 Å². The number of rotatable bonds is 7. The van der Waals surface area contributed by atoms with Gasteiger partial charge < -0.3 is 5.32 Å². The van der Waals surface area contributed by atoms with Crippen molar-refractivity contribution >= 4 is 15.9 Å². The SMILES string of the molecule is CC1CCCN(Cc2ccc(CNC(=O)C3CCCN(S(=O)(=O)c4ccc(F)cc4)C3)cc2)C1. The first kappa shape index (κ1) is 24.8. The zero-order valence-corrected chi connectivity index (χ0v) is 20.6. The van der Waals surface area contributed by atoms with Gasteiger partial charge in [-0.05, 0) is 73.5 Å². The molecule has 2 fully saturated rings. The van der Waals surface area contributed by atoms with E-state index in [0.717, 1.165) is 43.2 Å². The molecule has 8 heteroatoms. The third-order valence-electron chi connectivity index (χ3n) is 6.84. The van der Waals surface area contributed by atoms with E-state index in [1.807, 2.05) is 0 Å². The Bertz CT molecular complexity index is 1070. The minimum atomic E-state index is -3.75. The number of hydrogen-bond donors (Lipinski definition) is 1. The van der Waals surface area contributed by atoms with Crippen LogP contribution >= 0.6 is 0 Å². The molecule has 6 nitrogen and oxygen atoms in total. The summed E-state index contributed by atoms with van der Waals surface area (Å²) in [6.45, 7) is 6.48. The third kappa shape index (κ3) is 6.23. The highest BCUT2D eigenvalue weighted by atomic mass is 32.2. The van der Waals surface area contributed by atoms with Crippen molar-refractivity contribution in [3.8, 4) is 0 Å². The number of sulfonamides is 1. The molecule has 0 radical (unpaired) electrons. The van der Waals surface area contributed by atoms with Crippen LogP contribution in [0.3, 0.4) is 0 Å². The Balaban J connectivity index is 1.29. The lowest BCUT2D eigenvalue weighted by atomic mass is 9.98. The molecule has 0 saturated carbocycles. The largest absolute Gasteiger partial charge is 0.352 e. The van der Waals surface area contributed by atoms with Crippen LogP contribution in [0, 0.1) is 17.7 Å². The Morgan fingerprint density at radius 1 is 0.971 bits per heavy atom. The second kappa shape index (κ2) is 11.0. The summed E-state index contributed by atoms with van der Waals surface area (Å²) in [7, 11) is -3.75. The first-order chi connectivity index (χ1) is 16.3. The molecule has 0 bridgehead atoms. The van der Waals surface area contributed by atoms with Gasteiger partial charge in [-0.15, -0.1) is 0 Å². The van der Waals surface area contributed by atoms with Gasteiger partial charge in [0.25, 0.3) is 0 Å². The average Bonchev–Trinajstić information content (AvgIpc) is 2.84. The molecule has 2 aliphatic rings. The van der Waals surface area contributed by atoms with E-state index < -0.39 is 21.8 Å². The Morgan fingerprint density at radius 2 is 1.65 bits per heavy atom. The van der Waals surface area contributed by atoms with E-state index in [4.69, 9.17) is 0 Å². The second-order valence-corrected chi connectivity index (χ2v) is 11.6. The summed E-state index contributed by atoms with van der Waals surface area (Å²) in [4.78, 5) is 15.3. The quantitative estimate of drug-likeness (QED) is 0.646. The van der Waals surface area contributed by atoms with Crippen molar-refractivity contribution in [1.82, 2.24) is 14.5 Å². The number of benzene rings is 2. The van der Waals surface area contributed by atoms with Crippen molar-refractivity contribution in [2.75, 3.05) is 26.2 Å². The predicted molar refractivity (Wildman–Crippen MR) is 130 cm³/mol. The lowest BCUT2D eigenvalue weighted by molar-refractivity contribution is -0.126. The molecule has 2 aromatic rings. The van der Waals surface area contributed by atoms with E-state index in [2.05, 4.69) is 41.4 Å². The predicted octanol–water partition coefficient (Wildman–Crippen LogP) is 3.77. The average molecular weight is 488 g/mol. The summed E-state index contributed by atoms with van der Waals surface area (Å²) >= 11 is 0. The van der Waals surface area contributed by atoms with Crippen molar-refractivity contribution in [3.05, 3.63) is 65.5 Å². The van der Waals surface area contributed by atoms with Gasteiger partial charge in [0.1, 0.15) is 5.82 Å². The van der Waals surface area contributed by atoms with E-state index in [9.17, 15) is 17.6 Å². The Labute approximate surface area is 202 Å². The molecule has 2 atom stereocenters. The fraction of sp³-hybridized carbons (Fsp3) is 0.500. The topological polar surface area (TPSA) is 69.7 Å². The number of nitrogens with zero attached hydrogens (tertiary/aromatic N) is 2. The number of piperidine rings is 2. The Kier molecular flexibility index (Phi) is 8.01. The first-order valence-electron chi connectivity index (χ1n) is 12.1. The summed E-state index contributed by atoms with van der Waals surface area (Å²) in [6.07, 6.45) is 3.83. The molecule has 0 aliphatic carbocycles. The number of carbonyl (C=O) groups excluding carboxylic acids is 1. The summed E-state index contributed by atoms with van der Waals surface area (Å²) in [5, 5.41) is 2.97. The molecule has 2 heterocycles. The molecule has 1 amide bonds. The van der Waals surface area contributed by atoms with E-state index in [0.29, 0.717) is 25.9 Å². The van der Waals surface area contributed by atoms with Crippen LogP contribution in [0.15, 0.2) is 53.4 Å². The molecule has 2 aromatic carbocycles. The zero-order chi connectivity index (χ0) is 24.1. The van der Waals surface area contributed by atoms with Crippen LogP contribution in [0.2, 0.25) is 0 Å². The lowest BCUT2D eigenvalue weighted by Gasteiger charge is -2.31. The van der Waals surface area contributed by atoms with E-state index in [1.165, 1.54) is 34.8 Å². The molecule has 4 rings (SSSR count). The number of carbonyl (C=O) groups is 1. The summed E-state index contributed by atoms with van der Waals surface area (Å²) < 4.78 is 40.3. The van der Waals surface area contributed by atoms with Gasteiger partial charge in [0.2, 0.25) is 15.9 Å². The van der Waals surface area contributed by atoms with Gasteiger partial charge in [0, 0.05) is 32.7 Å². The highest BCUT2D eigenvalue weighted by Gasteiger charge is 2.33. The van der Waals surface area contributed by atoms with Crippen LogP contribution < -0.4 is 5.32 Å². The highest BCUT2D eigenvalue weighted by Crippen LogP contribution is 2.24. The van der Waals surface area contributed by atoms with Crippen LogP contribution in [-0.2, 0) is 27.9 Å². The maximum Gasteiger partial charge on any atom is 0.243 e. The van der Waals surface area contributed by atoms with Crippen LogP contribution in [-0.4, -0.2) is 49.7 Å². The number of likely N-dealkylation sites (tertiary alicyclic amines) is 1. The molecule has 184 valence electrons. The number of nitrogens with one attached hydrogen (secondary N) is 1. The fourth-order valence-electron chi connectivity index (χ4n) is 4.91. The molecule has 2 saturated heterocycles. The maximum absolute atomic E-state index is 13.2. The van der Waals surface area contributed by atoms with Crippen molar-refractivity contribution in [2.24, 2.45) is 11.8 Å². The minimum Gasteiger partial charge on any atom is -0.352 e. The van der Waals surface area contributed by atoms with Crippen LogP contribution in [0.4, 0.5) is 4.39 Å². The monoisotopic (exact) mass is 487 g/mol. The molecule has 34 heavy (non-hydrogen) atoms. The van der Waals surface area contributed by atoms with Gasteiger partial charge in [-0.25, -0.2) is 12.8 Å². The van der Waals surface area contributed by atoms with Gasteiger partial charge in [0.15, 0.2) is 0 Å². The van der Waals surface area contributed by atoms with Crippen LogP contribution in [0.25, 0.3) is 0 Å². The lowest BCUT2D eigenvalue weighted by Crippen LogP contribution is -2.45. The fourth-order valence-corrected chi connectivity index (χ4v) is 6.44. The van der Waals surface area contributed by atoms with Gasteiger partial charge in [0.05, 0.1) is 10.8 Å². The van der Waals surface area contributed by atoms with Crippen molar-refractivity contribution in [2.45, 2.75) is 50.6 Å². The highest BCUT2D eigenvalue weighted by molar-refractivity contribution is 7.89. The second-order valence-electron chi connectivity index (χ2n) is 9.67. The van der Waals surface area contributed by atoms with Gasteiger partial charge >= 0.3 is 0 Å². The molecule has 2 aliphatic heterocycles. The Hall–Kier alpha value is -2.29. The molecular formula is C26H34FN3O3S. The van der Waals surface area contributed by atoms with Crippen molar-refractivity contribution in [3.63, 3.8) is 0 Å². The first-order valence-corrected chi connectivity index (χ1v) is 13.6. The standard InChI is InChI=1S/C26H34FN3O3S/c1-20-4-2-14-29(17-20)18-22-8-6-21(7-9-22)16-28-26(31)23-5-3-15-30(19-23)34(32,33)25-12-10-24(27)11-13-25/h6-13,20,23H,2-5,14-19H2,1H3,(H,28,31). The van der Waals surface area contributed by atoms with Gasteiger partial charge in [-0.3, -0.25) is 9.69 Å². The van der Waals surface area contributed by atoms with E-state index in [-0.39, 0.29) is 17.3 Å². The van der Waals surface area contributed by atoms with E-state index in [1.54, 1.807) is 0 Å². The summed E-state index contributed by atoms with van der Waals surface area (Å²) in [5.41, 5.74) is 2.30. The summed E-state index contributed by atoms with van der Waals surface area (Å²) in [5.74, 6) is -0.261. The molecule has 0 spiro atoms. The number of amides is 1. The van der Waals surface area contributed by atoms with Crippen molar-refractivity contribution < 1.29 is 17.6 Å². The molecular weight excluding hydrogens is 453 g/mol. The smallest absolute Gasteiger partial charge is 0.243 e. The maximum atomic E-state index is 13.2. The molecule has 0 aromatic heterocycles. The van der Waals surface area contributed by atoms with Crippen LogP contribution in [0.5, 0.6) is 0 Å². The van der Waals surface area contributed by atoms with Gasteiger partial charge in [-0.1, -0.05) is 31.2 Å². The number of halogens is 1. The third-order valence-corrected chi connectivity index (χ3v) is 8.72. The number of hydrogen-bond acceptors (Lipinski definition) is 4. The normalized spacial score (nSPS) is 22.4. The van der Waals surface area contributed by atoms with E-state index >= 15 is 0 Å². The van der Waals surface area contributed by atoms with Crippen LogP contribution in [0.1, 0.15) is 43.7 Å². The zero-order valence-electron chi connectivity index (χ0n) is 19.7. The summed E-state index contributed by atoms with van der Waals surface area (Å²) in [6, 6.07) is 13.2.